The van der Waals surface area contributed by atoms with Crippen molar-refractivity contribution in [3.63, 3.8) is 0 Å². The summed E-state index contributed by atoms with van der Waals surface area (Å²) in [5.74, 6) is 3.68. The van der Waals surface area contributed by atoms with Crippen molar-refractivity contribution in [1.82, 2.24) is 5.32 Å². The molecule has 1 aromatic carbocycles. The first-order valence-corrected chi connectivity index (χ1v) is 8.08. The molecule has 0 aromatic heterocycles. The Morgan fingerprint density at radius 2 is 2.39 bits per heavy atom. The molecular formula is C15H21NOS. The van der Waals surface area contributed by atoms with E-state index in [1.54, 1.807) is 0 Å². The second-order valence-electron chi connectivity index (χ2n) is 5.27. The van der Waals surface area contributed by atoms with E-state index in [1.807, 2.05) is 0 Å². The number of thioether (sulfide) groups is 1. The highest BCUT2D eigenvalue weighted by Gasteiger charge is 2.18. The molecule has 98 valence electrons. The predicted octanol–water partition coefficient (Wildman–Crippen LogP) is 3.17. The van der Waals surface area contributed by atoms with E-state index in [-0.39, 0.29) is 0 Å². The van der Waals surface area contributed by atoms with Gasteiger partial charge in [0.15, 0.2) is 0 Å². The number of ether oxygens (including phenoxy) is 1. The number of hydrogen-bond donors (Lipinski definition) is 1. The zero-order valence-electron chi connectivity index (χ0n) is 10.9. The maximum atomic E-state index is 5.56. The monoisotopic (exact) mass is 263 g/mol. The molecular weight excluding hydrogens is 242 g/mol. The van der Waals surface area contributed by atoms with Gasteiger partial charge in [0.05, 0.1) is 6.61 Å². The van der Waals surface area contributed by atoms with Gasteiger partial charge in [-0.15, -0.1) is 0 Å². The third-order valence-corrected chi connectivity index (χ3v) is 5.07. The van der Waals surface area contributed by atoms with Gasteiger partial charge in [0.25, 0.3) is 0 Å². The molecule has 2 atom stereocenters. The Kier molecular flexibility index (Phi) is 3.80. The smallest absolute Gasteiger partial charge is 0.122 e. The van der Waals surface area contributed by atoms with Crippen molar-refractivity contribution in [1.29, 1.82) is 0 Å². The second-order valence-corrected chi connectivity index (χ2v) is 6.42. The van der Waals surface area contributed by atoms with Gasteiger partial charge in [-0.05, 0) is 42.7 Å². The maximum Gasteiger partial charge on any atom is 0.122 e. The Bertz CT molecular complexity index is 415. The van der Waals surface area contributed by atoms with Gasteiger partial charge in [0, 0.05) is 24.3 Å². The van der Waals surface area contributed by atoms with Crippen LogP contribution in [-0.4, -0.2) is 24.2 Å². The Balaban J connectivity index is 1.66. The Morgan fingerprint density at radius 3 is 3.22 bits per heavy atom. The van der Waals surface area contributed by atoms with Crippen LogP contribution in [0, 0.1) is 0 Å². The van der Waals surface area contributed by atoms with Gasteiger partial charge in [0.1, 0.15) is 5.75 Å². The van der Waals surface area contributed by atoms with Crippen molar-refractivity contribution in [3.05, 3.63) is 29.3 Å². The van der Waals surface area contributed by atoms with Crippen molar-refractivity contribution in [2.24, 2.45) is 0 Å². The Morgan fingerprint density at radius 1 is 1.44 bits per heavy atom. The van der Waals surface area contributed by atoms with Crippen LogP contribution in [0.25, 0.3) is 0 Å². The van der Waals surface area contributed by atoms with Crippen LogP contribution < -0.4 is 10.1 Å². The average molecular weight is 263 g/mol. The molecule has 0 bridgehead atoms. The minimum atomic E-state index is 0.444. The fourth-order valence-corrected chi connectivity index (χ4v) is 3.88. The van der Waals surface area contributed by atoms with Crippen molar-refractivity contribution in [3.8, 4) is 5.75 Å². The summed E-state index contributed by atoms with van der Waals surface area (Å²) in [6.45, 7) is 3.12. The third-order valence-electron chi connectivity index (χ3n) is 3.86. The molecule has 2 unspecified atom stereocenters. The summed E-state index contributed by atoms with van der Waals surface area (Å²) >= 11 is 2.08. The molecule has 1 aromatic rings. The van der Waals surface area contributed by atoms with Gasteiger partial charge in [-0.3, -0.25) is 0 Å². The van der Waals surface area contributed by atoms with E-state index in [0.717, 1.165) is 18.8 Å². The Labute approximate surface area is 113 Å². The van der Waals surface area contributed by atoms with Crippen LogP contribution in [0.1, 0.15) is 36.9 Å². The number of nitrogens with one attached hydrogen (secondary N) is 1. The van der Waals surface area contributed by atoms with Gasteiger partial charge >= 0.3 is 0 Å². The van der Waals surface area contributed by atoms with Crippen LogP contribution in [0.3, 0.4) is 0 Å². The zero-order chi connectivity index (χ0) is 12.4. The third kappa shape index (κ3) is 2.67. The lowest BCUT2D eigenvalue weighted by Gasteiger charge is -2.26. The standard InChI is InChI=1S/C15H21NOS/c1-11(16-14-3-2-8-18-10-14)12-4-5-15-13(9-12)6-7-17-15/h4-5,9,11,14,16H,2-3,6-8,10H2,1H3. The SMILES string of the molecule is CC(NC1CCCSC1)c1ccc2c(c1)CCO2. The van der Waals surface area contributed by atoms with Gasteiger partial charge in [-0.2, -0.15) is 11.8 Å². The lowest BCUT2D eigenvalue weighted by Crippen LogP contribution is -2.35. The lowest BCUT2D eigenvalue weighted by molar-refractivity contribution is 0.356. The van der Waals surface area contributed by atoms with E-state index in [4.69, 9.17) is 4.74 Å². The molecule has 0 radical (unpaired) electrons. The highest BCUT2D eigenvalue weighted by molar-refractivity contribution is 7.99. The molecule has 18 heavy (non-hydrogen) atoms. The lowest BCUT2D eigenvalue weighted by atomic mass is 10.0. The first kappa shape index (κ1) is 12.4. The summed E-state index contributed by atoms with van der Waals surface area (Å²) < 4.78 is 5.56. The first-order chi connectivity index (χ1) is 8.83. The van der Waals surface area contributed by atoms with E-state index in [1.165, 1.54) is 35.5 Å². The topological polar surface area (TPSA) is 21.3 Å². The first-order valence-electron chi connectivity index (χ1n) is 6.92. The summed E-state index contributed by atoms with van der Waals surface area (Å²) in [5.41, 5.74) is 2.77. The number of benzene rings is 1. The predicted molar refractivity (Wildman–Crippen MR) is 77.5 cm³/mol. The Hall–Kier alpha value is -0.670. The molecule has 3 rings (SSSR count). The fraction of sp³-hybridized carbons (Fsp3) is 0.600. The normalized spacial score (nSPS) is 24.4. The van der Waals surface area contributed by atoms with Gasteiger partial charge in [-0.1, -0.05) is 12.1 Å². The highest BCUT2D eigenvalue weighted by atomic mass is 32.2. The van der Waals surface area contributed by atoms with Crippen LogP contribution >= 0.6 is 11.8 Å². The van der Waals surface area contributed by atoms with Crippen LogP contribution in [0.2, 0.25) is 0 Å². The largest absolute Gasteiger partial charge is 0.493 e. The molecule has 2 heterocycles. The van der Waals surface area contributed by atoms with Crippen molar-refractivity contribution in [2.75, 3.05) is 18.1 Å². The molecule has 1 N–H and O–H groups in total. The van der Waals surface area contributed by atoms with Gasteiger partial charge in [-0.25, -0.2) is 0 Å². The molecule has 0 amide bonds. The summed E-state index contributed by atoms with van der Waals surface area (Å²) in [6, 6.07) is 7.78. The summed E-state index contributed by atoms with van der Waals surface area (Å²) in [6.07, 6.45) is 3.74. The maximum absolute atomic E-state index is 5.56. The molecule has 1 saturated heterocycles. The van der Waals surface area contributed by atoms with E-state index >= 15 is 0 Å². The minimum absolute atomic E-state index is 0.444. The highest BCUT2D eigenvalue weighted by Crippen LogP contribution is 2.28. The van der Waals surface area contributed by atoms with E-state index in [9.17, 15) is 0 Å². The molecule has 3 heteroatoms. The van der Waals surface area contributed by atoms with Gasteiger partial charge in [0.2, 0.25) is 0 Å². The summed E-state index contributed by atoms with van der Waals surface area (Å²) in [4.78, 5) is 0. The van der Waals surface area contributed by atoms with Crippen molar-refractivity contribution < 1.29 is 4.74 Å². The van der Waals surface area contributed by atoms with Crippen LogP contribution in [0.4, 0.5) is 0 Å². The van der Waals surface area contributed by atoms with Gasteiger partial charge < -0.3 is 10.1 Å². The van der Waals surface area contributed by atoms with E-state index in [2.05, 4.69) is 42.2 Å². The fourth-order valence-electron chi connectivity index (χ4n) is 2.80. The van der Waals surface area contributed by atoms with Crippen molar-refractivity contribution >= 4 is 11.8 Å². The van der Waals surface area contributed by atoms with E-state index in [0.29, 0.717) is 12.1 Å². The molecule has 1 fully saturated rings. The number of hydrogen-bond acceptors (Lipinski definition) is 3. The second kappa shape index (κ2) is 5.54. The zero-order valence-corrected chi connectivity index (χ0v) is 11.8. The van der Waals surface area contributed by atoms with Crippen LogP contribution in [-0.2, 0) is 6.42 Å². The summed E-state index contributed by atoms with van der Waals surface area (Å²) in [5, 5.41) is 3.76. The minimum Gasteiger partial charge on any atom is -0.493 e. The van der Waals surface area contributed by atoms with Crippen LogP contribution in [0.5, 0.6) is 5.75 Å². The molecule has 0 aliphatic carbocycles. The quantitative estimate of drug-likeness (QED) is 0.905. The number of fused-ring (bicyclic) bond motifs is 1. The molecule has 2 nitrogen and oxygen atoms in total. The van der Waals surface area contributed by atoms with Crippen LogP contribution in [0.15, 0.2) is 18.2 Å². The molecule has 2 aliphatic rings. The molecule has 2 aliphatic heterocycles. The van der Waals surface area contributed by atoms with E-state index < -0.39 is 0 Å². The van der Waals surface area contributed by atoms with Crippen molar-refractivity contribution in [2.45, 2.75) is 38.3 Å². The number of rotatable bonds is 3. The summed E-state index contributed by atoms with van der Waals surface area (Å²) in [7, 11) is 0. The average Bonchev–Trinajstić information content (AvgIpc) is 2.87. The molecule has 0 saturated carbocycles. The molecule has 0 spiro atoms.